The molecule has 1 amide bonds. The number of piperazine rings is 1. The minimum Gasteiger partial charge on any atom is -0.440 e. The van der Waals surface area contributed by atoms with Gasteiger partial charge < -0.3 is 14.6 Å². The van der Waals surface area contributed by atoms with Crippen LogP contribution in [-0.2, 0) is 11.3 Å². The molecule has 2 aromatic rings. The number of piperidine rings is 1. The Morgan fingerprint density at radius 3 is 2.79 bits per heavy atom. The summed E-state index contributed by atoms with van der Waals surface area (Å²) in [6.07, 6.45) is 6.07. The van der Waals surface area contributed by atoms with Gasteiger partial charge in [0.25, 0.3) is 0 Å². The average Bonchev–Trinajstić information content (AvgIpc) is 3.30. The third kappa shape index (κ3) is 2.99. The highest BCUT2D eigenvalue weighted by atomic mass is 19.1. The van der Waals surface area contributed by atoms with Crippen molar-refractivity contribution in [3.05, 3.63) is 42.4 Å². The molecule has 3 aliphatic rings. The van der Waals surface area contributed by atoms with Gasteiger partial charge in [0.1, 0.15) is 17.2 Å². The number of hydrogen-bond acceptors (Lipinski definition) is 6. The number of rotatable bonds is 3. The standard InChI is InChI=1S/C19H23FN6O2/c20-14-1-2-17(22-9-14)25-5-3-19(4-6-25)16-12-24(11-15-10-21-13-23-15)7-8-26(16)18(27)28-19/h1-2,9-10,13,16H,3-8,11-12H2,(H,21,23). The third-order valence-corrected chi connectivity index (χ3v) is 6.19. The smallest absolute Gasteiger partial charge is 0.410 e. The molecule has 1 unspecified atom stereocenters. The Labute approximate surface area is 162 Å². The van der Waals surface area contributed by atoms with E-state index < -0.39 is 5.60 Å². The molecule has 0 aliphatic carbocycles. The molecular weight excluding hydrogens is 363 g/mol. The first-order valence-corrected chi connectivity index (χ1v) is 9.69. The molecule has 148 valence electrons. The molecule has 28 heavy (non-hydrogen) atoms. The van der Waals surface area contributed by atoms with Crippen molar-refractivity contribution in [1.82, 2.24) is 24.8 Å². The second kappa shape index (κ2) is 6.73. The van der Waals surface area contributed by atoms with Gasteiger partial charge in [0, 0.05) is 64.0 Å². The number of aromatic nitrogens is 3. The van der Waals surface area contributed by atoms with E-state index in [1.54, 1.807) is 12.4 Å². The lowest BCUT2D eigenvalue weighted by atomic mass is 9.83. The van der Waals surface area contributed by atoms with Crippen molar-refractivity contribution in [1.29, 1.82) is 0 Å². The zero-order valence-electron chi connectivity index (χ0n) is 15.6. The van der Waals surface area contributed by atoms with Gasteiger partial charge in [0.05, 0.1) is 18.6 Å². The van der Waals surface area contributed by atoms with Crippen molar-refractivity contribution < 1.29 is 13.9 Å². The lowest BCUT2D eigenvalue weighted by Crippen LogP contribution is -2.60. The largest absolute Gasteiger partial charge is 0.440 e. The third-order valence-electron chi connectivity index (χ3n) is 6.19. The zero-order valence-corrected chi connectivity index (χ0v) is 15.6. The number of ether oxygens (including phenoxy) is 1. The SMILES string of the molecule is O=C1OC2(CCN(c3ccc(F)cn3)CC2)C2CN(Cc3cnc[nH]3)CCN12. The van der Waals surface area contributed by atoms with Gasteiger partial charge in [-0.3, -0.25) is 9.80 Å². The molecule has 0 saturated carbocycles. The van der Waals surface area contributed by atoms with Crippen molar-refractivity contribution in [3.8, 4) is 0 Å². The van der Waals surface area contributed by atoms with Crippen LogP contribution in [0.1, 0.15) is 18.5 Å². The van der Waals surface area contributed by atoms with Crippen molar-refractivity contribution >= 4 is 11.9 Å². The molecule has 3 aliphatic heterocycles. The number of imidazole rings is 1. The summed E-state index contributed by atoms with van der Waals surface area (Å²) in [5.74, 6) is 0.430. The van der Waals surface area contributed by atoms with E-state index in [4.69, 9.17) is 4.74 Å². The topological polar surface area (TPSA) is 77.6 Å². The highest BCUT2D eigenvalue weighted by molar-refractivity contribution is 5.72. The van der Waals surface area contributed by atoms with E-state index >= 15 is 0 Å². The Hall–Kier alpha value is -2.68. The van der Waals surface area contributed by atoms with Gasteiger partial charge in [-0.2, -0.15) is 0 Å². The summed E-state index contributed by atoms with van der Waals surface area (Å²) in [4.78, 5) is 30.3. The van der Waals surface area contributed by atoms with Crippen LogP contribution in [0.4, 0.5) is 15.0 Å². The number of pyridine rings is 1. The minimum atomic E-state index is -0.458. The summed E-state index contributed by atoms with van der Waals surface area (Å²) in [5, 5.41) is 0. The molecule has 3 saturated heterocycles. The fraction of sp³-hybridized carbons (Fsp3) is 0.526. The molecule has 1 spiro atoms. The maximum Gasteiger partial charge on any atom is 0.410 e. The average molecular weight is 386 g/mol. The lowest BCUT2D eigenvalue weighted by molar-refractivity contribution is -0.00648. The molecule has 5 heterocycles. The van der Waals surface area contributed by atoms with Gasteiger partial charge in [-0.05, 0) is 12.1 Å². The van der Waals surface area contributed by atoms with Gasteiger partial charge in [0.2, 0.25) is 0 Å². The highest BCUT2D eigenvalue weighted by Crippen LogP contribution is 2.41. The van der Waals surface area contributed by atoms with E-state index in [-0.39, 0.29) is 18.0 Å². The summed E-state index contributed by atoms with van der Waals surface area (Å²) >= 11 is 0. The molecule has 1 N–H and O–H groups in total. The summed E-state index contributed by atoms with van der Waals surface area (Å²) in [6, 6.07) is 3.19. The van der Waals surface area contributed by atoms with E-state index in [0.717, 1.165) is 57.1 Å². The number of nitrogens with one attached hydrogen (secondary N) is 1. The van der Waals surface area contributed by atoms with Crippen molar-refractivity contribution in [2.24, 2.45) is 0 Å². The van der Waals surface area contributed by atoms with E-state index in [1.165, 1.54) is 12.3 Å². The molecule has 0 bridgehead atoms. The Morgan fingerprint density at radius 1 is 1.21 bits per heavy atom. The molecule has 3 fully saturated rings. The number of amides is 1. The van der Waals surface area contributed by atoms with E-state index in [1.807, 2.05) is 11.1 Å². The maximum atomic E-state index is 13.1. The number of carbonyl (C=O) groups excluding carboxylic acids is 1. The molecule has 0 aromatic carbocycles. The fourth-order valence-corrected chi connectivity index (χ4v) is 4.67. The maximum absolute atomic E-state index is 13.1. The predicted molar refractivity (Wildman–Crippen MR) is 99.2 cm³/mol. The monoisotopic (exact) mass is 386 g/mol. The van der Waals surface area contributed by atoms with Crippen LogP contribution < -0.4 is 4.90 Å². The van der Waals surface area contributed by atoms with E-state index in [2.05, 4.69) is 24.8 Å². The van der Waals surface area contributed by atoms with Gasteiger partial charge in [0.15, 0.2) is 0 Å². The van der Waals surface area contributed by atoms with Crippen LogP contribution in [0.15, 0.2) is 30.9 Å². The predicted octanol–water partition coefficient (Wildman–Crippen LogP) is 1.62. The summed E-state index contributed by atoms with van der Waals surface area (Å²) in [6.45, 7) is 4.56. The number of aromatic amines is 1. The Kier molecular flexibility index (Phi) is 4.19. The van der Waals surface area contributed by atoms with Crippen LogP contribution in [-0.4, -0.2) is 75.2 Å². The van der Waals surface area contributed by atoms with Crippen LogP contribution in [0.25, 0.3) is 0 Å². The zero-order chi connectivity index (χ0) is 19.1. The van der Waals surface area contributed by atoms with Crippen LogP contribution in [0, 0.1) is 5.82 Å². The van der Waals surface area contributed by atoms with Gasteiger partial charge in [-0.25, -0.2) is 19.2 Å². The number of nitrogens with zero attached hydrogens (tertiary/aromatic N) is 5. The quantitative estimate of drug-likeness (QED) is 0.864. The number of carbonyl (C=O) groups is 1. The van der Waals surface area contributed by atoms with Crippen molar-refractivity contribution in [3.63, 3.8) is 0 Å². The van der Waals surface area contributed by atoms with Gasteiger partial charge >= 0.3 is 6.09 Å². The highest BCUT2D eigenvalue weighted by Gasteiger charge is 2.56. The molecule has 5 rings (SSSR count). The number of anilines is 1. The number of H-pyrrole nitrogens is 1. The van der Waals surface area contributed by atoms with E-state index in [9.17, 15) is 9.18 Å². The molecule has 2 aromatic heterocycles. The number of hydrogen-bond donors (Lipinski definition) is 1. The van der Waals surface area contributed by atoms with Crippen molar-refractivity contribution in [2.45, 2.75) is 31.0 Å². The number of fused-ring (bicyclic) bond motifs is 2. The van der Waals surface area contributed by atoms with Crippen LogP contribution in [0.3, 0.4) is 0 Å². The molecule has 1 atom stereocenters. The Balaban J connectivity index is 1.29. The van der Waals surface area contributed by atoms with Gasteiger partial charge in [-0.1, -0.05) is 0 Å². The minimum absolute atomic E-state index is 0.0556. The molecule has 9 heteroatoms. The summed E-state index contributed by atoms with van der Waals surface area (Å²) < 4.78 is 19.1. The Morgan fingerprint density at radius 2 is 2.07 bits per heavy atom. The van der Waals surface area contributed by atoms with Crippen LogP contribution >= 0.6 is 0 Å². The molecular formula is C19H23FN6O2. The number of halogens is 1. The van der Waals surface area contributed by atoms with E-state index in [0.29, 0.717) is 6.54 Å². The normalized spacial score (nSPS) is 24.5. The van der Waals surface area contributed by atoms with Crippen LogP contribution in [0.2, 0.25) is 0 Å². The second-order valence-electron chi connectivity index (χ2n) is 7.78. The van der Waals surface area contributed by atoms with Crippen LogP contribution in [0.5, 0.6) is 0 Å². The summed E-state index contributed by atoms with van der Waals surface area (Å²) in [5.41, 5.74) is 0.616. The summed E-state index contributed by atoms with van der Waals surface area (Å²) in [7, 11) is 0. The first kappa shape index (κ1) is 17.4. The first-order valence-electron chi connectivity index (χ1n) is 9.69. The lowest BCUT2D eigenvalue weighted by Gasteiger charge is -2.45. The molecule has 8 nitrogen and oxygen atoms in total. The second-order valence-corrected chi connectivity index (χ2v) is 7.78. The molecule has 0 radical (unpaired) electrons. The van der Waals surface area contributed by atoms with Crippen molar-refractivity contribution in [2.75, 3.05) is 37.6 Å². The van der Waals surface area contributed by atoms with Gasteiger partial charge in [-0.15, -0.1) is 0 Å². The Bertz CT molecular complexity index is 835. The first-order chi connectivity index (χ1) is 13.6. The fourth-order valence-electron chi connectivity index (χ4n) is 4.67.